The molecule has 4 heteroatoms. The molecule has 1 heterocycles. The van der Waals surface area contributed by atoms with Crippen LogP contribution in [0.2, 0.25) is 0 Å². The topological polar surface area (TPSA) is 27.2 Å². The molecular weight excluding hydrogens is 240 g/mol. The van der Waals surface area contributed by atoms with Crippen LogP contribution in [0.4, 0.5) is 0 Å². The summed E-state index contributed by atoms with van der Waals surface area (Å²) < 4.78 is 11.5. The van der Waals surface area contributed by atoms with E-state index in [-0.39, 0.29) is 5.92 Å². The summed E-state index contributed by atoms with van der Waals surface area (Å²) in [5, 5.41) is 0. The van der Waals surface area contributed by atoms with E-state index in [9.17, 15) is 0 Å². The number of rotatable bonds is 0. The molecule has 1 unspecified atom stereocenters. The first-order chi connectivity index (χ1) is 9.13. The van der Waals surface area contributed by atoms with E-state index in [1.807, 2.05) is 6.08 Å². The van der Waals surface area contributed by atoms with E-state index >= 15 is 0 Å². The zero-order valence-electron chi connectivity index (χ0n) is 10.8. The summed E-state index contributed by atoms with van der Waals surface area (Å²) in [4.78, 5) is 7.26. The van der Waals surface area contributed by atoms with E-state index in [1.165, 1.54) is 0 Å². The Morgan fingerprint density at radius 1 is 1.26 bits per heavy atom. The van der Waals surface area contributed by atoms with Crippen LogP contribution in [0, 0.1) is 19.1 Å². The summed E-state index contributed by atoms with van der Waals surface area (Å²) in [6.07, 6.45) is 4.72. The maximum Gasteiger partial charge on any atom is 0.509 e. The van der Waals surface area contributed by atoms with Gasteiger partial charge < -0.3 is 9.47 Å². The van der Waals surface area contributed by atoms with Crippen molar-refractivity contribution >= 4 is 0 Å². The van der Waals surface area contributed by atoms with E-state index in [0.717, 1.165) is 24.0 Å². The largest absolute Gasteiger partial charge is 0.509 e. The van der Waals surface area contributed by atoms with Gasteiger partial charge in [-0.05, 0) is 6.42 Å². The molecule has 2 fully saturated rings. The maximum atomic E-state index is 7.43. The average Bonchev–Trinajstić information content (AvgIpc) is 2.85. The highest BCUT2D eigenvalue weighted by Crippen LogP contribution is 2.51. The lowest BCUT2D eigenvalue weighted by Crippen LogP contribution is -2.43. The minimum absolute atomic E-state index is 0.163. The summed E-state index contributed by atoms with van der Waals surface area (Å²) in [5.41, 5.74) is 0.902. The van der Waals surface area contributed by atoms with E-state index in [0.29, 0.717) is 26.1 Å². The van der Waals surface area contributed by atoms with Gasteiger partial charge in [0, 0.05) is 18.8 Å². The molecule has 0 N–H and O–H groups in total. The first kappa shape index (κ1) is 12.4. The van der Waals surface area contributed by atoms with Crippen LogP contribution in [0.25, 0.3) is 9.69 Å². The molecule has 1 saturated carbocycles. The Morgan fingerprint density at radius 2 is 1.95 bits per heavy atom. The summed E-state index contributed by atoms with van der Waals surface area (Å²) in [6, 6.07) is 0. The second-order valence-corrected chi connectivity index (χ2v) is 5.54. The summed E-state index contributed by atoms with van der Waals surface area (Å²) >= 11 is 0. The fourth-order valence-corrected chi connectivity index (χ4v) is 3.51. The molecule has 1 saturated heterocycles. The van der Waals surface area contributed by atoms with E-state index in [2.05, 4.69) is 16.3 Å². The number of hydrogen-bond acceptors (Lipinski definition) is 2. The second-order valence-electron chi connectivity index (χ2n) is 5.54. The Morgan fingerprint density at radius 3 is 2.58 bits per heavy atom. The zero-order valence-corrected chi connectivity index (χ0v) is 10.8. The van der Waals surface area contributed by atoms with Crippen molar-refractivity contribution in [3.63, 3.8) is 0 Å². The maximum absolute atomic E-state index is 7.43. The highest BCUT2D eigenvalue weighted by atomic mass is 16.7. The molecule has 0 bridgehead atoms. The monoisotopic (exact) mass is 256 g/mol. The standard InChI is InChI=1S/C15H16N2O2/c1-11-8-12-10-14(18-6-7-19-14)5-4-13(12)15(9-11,16-2)17-3/h4,12H,1,5-10H2. The average molecular weight is 256 g/mol. The van der Waals surface area contributed by atoms with Crippen LogP contribution in [0.5, 0.6) is 0 Å². The van der Waals surface area contributed by atoms with E-state index in [4.69, 9.17) is 22.6 Å². The molecule has 4 nitrogen and oxygen atoms in total. The SMILES string of the molecule is [C-]#[N+]C1([N+]#[C-])CC(=C)CC2CC3(CC=C21)OCCO3. The van der Waals surface area contributed by atoms with Crippen molar-refractivity contribution in [2.45, 2.75) is 37.1 Å². The van der Waals surface area contributed by atoms with Crippen molar-refractivity contribution in [1.29, 1.82) is 0 Å². The normalized spacial score (nSPS) is 31.2. The minimum Gasteiger partial charge on any atom is -0.347 e. The Balaban J connectivity index is 1.98. The predicted octanol–water partition coefficient (Wildman–Crippen LogP) is 2.95. The molecule has 0 radical (unpaired) electrons. The summed E-state index contributed by atoms with van der Waals surface area (Å²) in [7, 11) is 0. The molecule has 0 aromatic rings. The molecule has 1 spiro atoms. The van der Waals surface area contributed by atoms with E-state index in [1.54, 1.807) is 0 Å². The lowest BCUT2D eigenvalue weighted by molar-refractivity contribution is -0.169. The Kier molecular flexibility index (Phi) is 2.74. The van der Waals surface area contributed by atoms with Crippen molar-refractivity contribution in [3.8, 4) is 0 Å². The fraction of sp³-hybridized carbons (Fsp3) is 0.600. The van der Waals surface area contributed by atoms with Crippen molar-refractivity contribution < 1.29 is 9.47 Å². The van der Waals surface area contributed by atoms with Crippen LogP contribution >= 0.6 is 0 Å². The molecular formula is C15H16N2O2. The second kappa shape index (κ2) is 4.20. The van der Waals surface area contributed by atoms with Gasteiger partial charge in [-0.3, -0.25) is 0 Å². The molecule has 3 rings (SSSR count). The molecule has 1 atom stereocenters. The smallest absolute Gasteiger partial charge is 0.347 e. The molecule has 0 aromatic heterocycles. The first-order valence-corrected chi connectivity index (χ1v) is 6.55. The van der Waals surface area contributed by atoms with Gasteiger partial charge in [-0.1, -0.05) is 18.2 Å². The van der Waals surface area contributed by atoms with Crippen LogP contribution < -0.4 is 0 Å². The van der Waals surface area contributed by atoms with Gasteiger partial charge in [-0.2, -0.15) is 0 Å². The van der Waals surface area contributed by atoms with Gasteiger partial charge in [0.15, 0.2) is 5.79 Å². The molecule has 3 aliphatic rings. The van der Waals surface area contributed by atoms with Crippen LogP contribution in [0.1, 0.15) is 25.7 Å². The molecule has 19 heavy (non-hydrogen) atoms. The van der Waals surface area contributed by atoms with Crippen molar-refractivity contribution in [2.24, 2.45) is 5.92 Å². The van der Waals surface area contributed by atoms with Gasteiger partial charge >= 0.3 is 5.66 Å². The highest BCUT2D eigenvalue weighted by molar-refractivity contribution is 5.41. The molecule has 1 aliphatic heterocycles. The van der Waals surface area contributed by atoms with E-state index < -0.39 is 11.4 Å². The Hall–Kier alpha value is -1.62. The van der Waals surface area contributed by atoms with Crippen LogP contribution in [0.15, 0.2) is 23.8 Å². The predicted molar refractivity (Wildman–Crippen MR) is 69.8 cm³/mol. The van der Waals surface area contributed by atoms with Gasteiger partial charge in [-0.15, -0.1) is 0 Å². The lowest BCUT2D eigenvalue weighted by atomic mass is 9.69. The number of nitrogens with zero attached hydrogens (tertiary/aromatic N) is 2. The molecule has 0 amide bonds. The number of hydrogen-bond donors (Lipinski definition) is 0. The van der Waals surface area contributed by atoms with Crippen LogP contribution in [0.3, 0.4) is 0 Å². The number of ether oxygens (including phenoxy) is 2. The lowest BCUT2D eigenvalue weighted by Gasteiger charge is -2.38. The van der Waals surface area contributed by atoms with Crippen LogP contribution in [-0.2, 0) is 9.47 Å². The third kappa shape index (κ3) is 1.80. The molecule has 98 valence electrons. The first-order valence-electron chi connectivity index (χ1n) is 6.55. The summed E-state index contributed by atoms with van der Waals surface area (Å²) in [6.45, 7) is 20.1. The molecule has 0 aromatic carbocycles. The van der Waals surface area contributed by atoms with Crippen LogP contribution in [-0.4, -0.2) is 24.7 Å². The third-order valence-electron chi connectivity index (χ3n) is 4.31. The quantitative estimate of drug-likeness (QED) is 0.492. The molecule has 2 aliphatic carbocycles. The van der Waals surface area contributed by atoms with Crippen molar-refractivity contribution in [1.82, 2.24) is 0 Å². The Bertz CT molecular complexity index is 515. The zero-order chi connectivity index (χ0) is 13.5. The van der Waals surface area contributed by atoms with Gasteiger partial charge in [0.1, 0.15) is 12.0 Å². The van der Waals surface area contributed by atoms with Gasteiger partial charge in [0.2, 0.25) is 0 Å². The fourth-order valence-electron chi connectivity index (χ4n) is 3.51. The van der Waals surface area contributed by atoms with Gasteiger partial charge in [0.25, 0.3) is 0 Å². The van der Waals surface area contributed by atoms with Gasteiger partial charge in [-0.25, -0.2) is 22.8 Å². The Labute approximate surface area is 113 Å². The van der Waals surface area contributed by atoms with Crippen molar-refractivity contribution in [2.75, 3.05) is 13.2 Å². The summed E-state index contributed by atoms with van der Waals surface area (Å²) in [5.74, 6) is -0.349. The minimum atomic E-state index is -1.06. The highest BCUT2D eigenvalue weighted by Gasteiger charge is 2.58. The van der Waals surface area contributed by atoms with Gasteiger partial charge in [0.05, 0.1) is 13.2 Å². The number of fused-ring (bicyclic) bond motifs is 1. The van der Waals surface area contributed by atoms with Crippen molar-refractivity contribution in [3.05, 3.63) is 46.6 Å². The third-order valence-corrected chi connectivity index (χ3v) is 4.31.